The van der Waals surface area contributed by atoms with Crippen LogP contribution in [0.25, 0.3) is 78.1 Å². The molecular formula is C37H23N3. The second-order valence-corrected chi connectivity index (χ2v) is 10.0. The third-order valence-electron chi connectivity index (χ3n) is 7.76. The Labute approximate surface area is 232 Å². The summed E-state index contributed by atoms with van der Waals surface area (Å²) in [6, 6.07) is 44.5. The number of rotatable bonds is 4. The molecule has 7 aromatic rings. The molecule has 0 N–H and O–H groups in total. The SMILES string of the molecule is c1ccc(-c2cc(-c3ccccc3-c3cccnc3)nc(-c3ccc4c5c(cccc35)-c3ccccc3-4)n2)cc1. The van der Waals surface area contributed by atoms with E-state index in [2.05, 4.69) is 120 Å². The Morgan fingerprint density at radius 3 is 1.80 bits per heavy atom. The van der Waals surface area contributed by atoms with E-state index in [1.54, 1.807) is 6.20 Å². The zero-order valence-electron chi connectivity index (χ0n) is 21.6. The van der Waals surface area contributed by atoms with Crippen LogP contribution in [0, 0.1) is 0 Å². The largest absolute Gasteiger partial charge is 0.264 e. The standard InChI is InChI=1S/C37H23N3/c1-2-10-24(11-3-1)34-22-35(29-16-7-4-13-26(29)25-12-9-21-38-23-25)40-37(39-34)33-20-19-32-28-15-6-5-14-27(28)30-17-8-18-31(33)36(30)32/h1-23H. The van der Waals surface area contributed by atoms with Gasteiger partial charge in [-0.1, -0.05) is 109 Å². The molecule has 2 heterocycles. The highest BCUT2D eigenvalue weighted by Gasteiger charge is 2.23. The van der Waals surface area contributed by atoms with Gasteiger partial charge in [0.15, 0.2) is 5.82 Å². The third-order valence-corrected chi connectivity index (χ3v) is 7.76. The topological polar surface area (TPSA) is 38.7 Å². The predicted octanol–water partition coefficient (Wildman–Crippen LogP) is 9.34. The van der Waals surface area contributed by atoms with Gasteiger partial charge in [-0.05, 0) is 56.8 Å². The van der Waals surface area contributed by atoms with Crippen molar-refractivity contribution < 1.29 is 0 Å². The first kappa shape index (κ1) is 22.6. The maximum absolute atomic E-state index is 5.23. The lowest BCUT2D eigenvalue weighted by atomic mass is 9.96. The Balaban J connectivity index is 1.39. The second-order valence-electron chi connectivity index (χ2n) is 10.0. The van der Waals surface area contributed by atoms with Crippen LogP contribution in [0.2, 0.25) is 0 Å². The van der Waals surface area contributed by atoms with Gasteiger partial charge in [-0.25, -0.2) is 9.97 Å². The highest BCUT2D eigenvalue weighted by atomic mass is 14.9. The van der Waals surface area contributed by atoms with Crippen LogP contribution in [0.1, 0.15) is 0 Å². The minimum Gasteiger partial charge on any atom is -0.264 e. The van der Waals surface area contributed by atoms with Crippen molar-refractivity contribution in [2.45, 2.75) is 0 Å². The zero-order valence-corrected chi connectivity index (χ0v) is 21.6. The maximum atomic E-state index is 5.23. The van der Waals surface area contributed by atoms with Crippen LogP contribution in [0.3, 0.4) is 0 Å². The molecule has 0 fully saturated rings. The summed E-state index contributed by atoms with van der Waals surface area (Å²) in [7, 11) is 0. The first-order chi connectivity index (χ1) is 19.8. The molecule has 186 valence electrons. The average molecular weight is 510 g/mol. The van der Waals surface area contributed by atoms with Crippen molar-refractivity contribution >= 4 is 10.8 Å². The van der Waals surface area contributed by atoms with Crippen molar-refractivity contribution in [1.29, 1.82) is 0 Å². The Morgan fingerprint density at radius 1 is 0.400 bits per heavy atom. The molecule has 0 unspecified atom stereocenters. The molecule has 0 saturated heterocycles. The van der Waals surface area contributed by atoms with Gasteiger partial charge in [0.05, 0.1) is 11.4 Å². The van der Waals surface area contributed by atoms with E-state index in [4.69, 9.17) is 9.97 Å². The minimum absolute atomic E-state index is 0.719. The summed E-state index contributed by atoms with van der Waals surface area (Å²) in [5.74, 6) is 0.719. The smallest absolute Gasteiger partial charge is 0.161 e. The second kappa shape index (κ2) is 9.11. The normalized spacial score (nSPS) is 11.5. The summed E-state index contributed by atoms with van der Waals surface area (Å²) in [6.45, 7) is 0. The quantitative estimate of drug-likeness (QED) is 0.237. The van der Waals surface area contributed by atoms with Gasteiger partial charge in [0.1, 0.15) is 0 Å². The Bertz CT molecular complexity index is 2020. The van der Waals surface area contributed by atoms with Crippen LogP contribution in [0.4, 0.5) is 0 Å². The fourth-order valence-electron chi connectivity index (χ4n) is 5.95. The molecule has 0 saturated carbocycles. The predicted molar refractivity (Wildman–Crippen MR) is 164 cm³/mol. The lowest BCUT2D eigenvalue weighted by Gasteiger charge is -2.14. The summed E-state index contributed by atoms with van der Waals surface area (Å²) in [4.78, 5) is 14.8. The van der Waals surface area contributed by atoms with E-state index in [1.807, 2.05) is 18.3 Å². The average Bonchev–Trinajstić information content (AvgIpc) is 3.37. The highest BCUT2D eigenvalue weighted by Crippen LogP contribution is 2.49. The Kier molecular flexibility index (Phi) is 5.14. The van der Waals surface area contributed by atoms with Gasteiger partial charge in [0.25, 0.3) is 0 Å². The molecule has 8 rings (SSSR count). The molecule has 0 amide bonds. The first-order valence-electron chi connectivity index (χ1n) is 13.5. The van der Waals surface area contributed by atoms with Gasteiger partial charge in [-0.15, -0.1) is 0 Å². The van der Waals surface area contributed by atoms with E-state index in [9.17, 15) is 0 Å². The molecule has 1 aliphatic carbocycles. The number of hydrogen-bond acceptors (Lipinski definition) is 3. The molecular weight excluding hydrogens is 486 g/mol. The van der Waals surface area contributed by atoms with Crippen LogP contribution < -0.4 is 0 Å². The number of hydrogen-bond donors (Lipinski definition) is 0. The molecule has 3 heteroatoms. The molecule has 0 aliphatic heterocycles. The van der Waals surface area contributed by atoms with Crippen molar-refractivity contribution in [1.82, 2.24) is 15.0 Å². The summed E-state index contributed by atoms with van der Waals surface area (Å²) in [5.41, 5.74) is 12.2. The molecule has 1 aliphatic rings. The number of nitrogens with zero attached hydrogens (tertiary/aromatic N) is 3. The highest BCUT2D eigenvalue weighted by molar-refractivity contribution is 6.18. The molecule has 3 nitrogen and oxygen atoms in total. The van der Waals surface area contributed by atoms with E-state index in [0.29, 0.717) is 0 Å². The molecule has 0 atom stereocenters. The maximum Gasteiger partial charge on any atom is 0.161 e. The van der Waals surface area contributed by atoms with Crippen LogP contribution >= 0.6 is 0 Å². The summed E-state index contributed by atoms with van der Waals surface area (Å²) >= 11 is 0. The van der Waals surface area contributed by atoms with Crippen molar-refractivity contribution in [3.05, 3.63) is 140 Å². The Hall–Kier alpha value is -5.41. The number of aromatic nitrogens is 3. The number of pyridine rings is 1. The van der Waals surface area contributed by atoms with Crippen LogP contribution in [-0.4, -0.2) is 15.0 Å². The van der Waals surface area contributed by atoms with E-state index in [-0.39, 0.29) is 0 Å². The van der Waals surface area contributed by atoms with E-state index in [1.165, 1.54) is 33.0 Å². The fourth-order valence-corrected chi connectivity index (χ4v) is 5.95. The van der Waals surface area contributed by atoms with Gasteiger partial charge in [-0.3, -0.25) is 4.98 Å². The molecule has 5 aromatic carbocycles. The van der Waals surface area contributed by atoms with E-state index in [0.717, 1.165) is 45.0 Å². The first-order valence-corrected chi connectivity index (χ1v) is 13.5. The molecule has 40 heavy (non-hydrogen) atoms. The molecule has 0 spiro atoms. The number of fused-ring (bicyclic) bond motifs is 3. The van der Waals surface area contributed by atoms with Crippen LogP contribution in [0.15, 0.2) is 140 Å². The van der Waals surface area contributed by atoms with Gasteiger partial charge in [-0.2, -0.15) is 0 Å². The molecule has 0 bridgehead atoms. The summed E-state index contributed by atoms with van der Waals surface area (Å²) in [5, 5.41) is 2.44. The zero-order chi connectivity index (χ0) is 26.5. The van der Waals surface area contributed by atoms with Crippen molar-refractivity contribution in [3.8, 4) is 67.3 Å². The Morgan fingerprint density at radius 2 is 1.02 bits per heavy atom. The van der Waals surface area contributed by atoms with Crippen LogP contribution in [-0.2, 0) is 0 Å². The minimum atomic E-state index is 0.719. The van der Waals surface area contributed by atoms with Crippen molar-refractivity contribution in [3.63, 3.8) is 0 Å². The monoisotopic (exact) mass is 509 g/mol. The van der Waals surface area contributed by atoms with Gasteiger partial charge < -0.3 is 0 Å². The summed E-state index contributed by atoms with van der Waals surface area (Å²) in [6.07, 6.45) is 3.70. The van der Waals surface area contributed by atoms with Gasteiger partial charge in [0, 0.05) is 34.6 Å². The molecule has 2 aromatic heterocycles. The van der Waals surface area contributed by atoms with Crippen molar-refractivity contribution in [2.24, 2.45) is 0 Å². The van der Waals surface area contributed by atoms with Gasteiger partial charge in [0.2, 0.25) is 0 Å². The van der Waals surface area contributed by atoms with Crippen LogP contribution in [0.5, 0.6) is 0 Å². The van der Waals surface area contributed by atoms with E-state index >= 15 is 0 Å². The van der Waals surface area contributed by atoms with Crippen molar-refractivity contribution in [2.75, 3.05) is 0 Å². The summed E-state index contributed by atoms with van der Waals surface area (Å²) < 4.78 is 0. The number of benzene rings is 5. The lowest BCUT2D eigenvalue weighted by molar-refractivity contribution is 1.19. The van der Waals surface area contributed by atoms with Gasteiger partial charge >= 0.3 is 0 Å². The van der Waals surface area contributed by atoms with E-state index < -0.39 is 0 Å². The lowest BCUT2D eigenvalue weighted by Crippen LogP contribution is -1.98. The fraction of sp³-hybridized carbons (Fsp3) is 0. The third kappa shape index (κ3) is 3.56. The molecule has 0 radical (unpaired) electrons.